The van der Waals surface area contributed by atoms with Crippen molar-refractivity contribution in [3.63, 3.8) is 0 Å². The second kappa shape index (κ2) is 13.1. The number of ether oxygens (including phenoxy) is 1. The first-order valence-corrected chi connectivity index (χ1v) is 12.3. The van der Waals surface area contributed by atoms with Crippen LogP contribution in [-0.2, 0) is 11.2 Å². The van der Waals surface area contributed by atoms with Gasteiger partial charge in [-0.25, -0.2) is 8.78 Å². The summed E-state index contributed by atoms with van der Waals surface area (Å²) in [5, 5.41) is 1.90. The summed E-state index contributed by atoms with van der Waals surface area (Å²) < 4.78 is 34.8. The largest absolute Gasteiger partial charge is 0.379 e. The van der Waals surface area contributed by atoms with E-state index in [1.807, 2.05) is 12.1 Å². The highest BCUT2D eigenvalue weighted by Gasteiger charge is 2.15. The number of allylic oxidation sites excluding steroid dienone is 2. The molecule has 3 rings (SSSR count). The summed E-state index contributed by atoms with van der Waals surface area (Å²) in [6, 6.07) is 11.1. The molecule has 0 amide bonds. The number of benzene rings is 2. The van der Waals surface area contributed by atoms with Crippen LogP contribution in [0.1, 0.15) is 63.5 Å². The highest BCUT2D eigenvalue weighted by atomic mass is 19.2. The van der Waals surface area contributed by atoms with E-state index in [1.54, 1.807) is 30.5 Å². The van der Waals surface area contributed by atoms with Crippen LogP contribution in [0.2, 0.25) is 0 Å². The number of aromatic nitrogens is 1. The lowest BCUT2D eigenvalue weighted by molar-refractivity contribution is 0.0566. The van der Waals surface area contributed by atoms with Gasteiger partial charge < -0.3 is 4.74 Å². The maximum atomic E-state index is 14.6. The van der Waals surface area contributed by atoms with Crippen molar-refractivity contribution in [1.29, 1.82) is 0 Å². The Morgan fingerprint density at radius 1 is 1.03 bits per heavy atom. The zero-order valence-electron chi connectivity index (χ0n) is 20.3. The highest BCUT2D eigenvalue weighted by Crippen LogP contribution is 2.28. The Morgan fingerprint density at radius 2 is 1.88 bits per heavy atom. The first-order chi connectivity index (χ1) is 16.5. The van der Waals surface area contributed by atoms with E-state index < -0.39 is 11.6 Å². The maximum Gasteiger partial charge on any atom is 0.168 e. The molecule has 0 radical (unpaired) electrons. The number of halogens is 2. The van der Waals surface area contributed by atoms with E-state index >= 15 is 0 Å². The average molecular weight is 464 g/mol. The minimum absolute atomic E-state index is 0.166. The van der Waals surface area contributed by atoms with Crippen molar-refractivity contribution in [2.45, 2.75) is 64.9 Å². The zero-order valence-corrected chi connectivity index (χ0v) is 20.3. The summed E-state index contributed by atoms with van der Waals surface area (Å²) in [6.45, 7) is 8.80. The number of hydrogen-bond acceptors (Lipinski definition) is 2. The topological polar surface area (TPSA) is 22.1 Å². The molecule has 3 aromatic rings. The predicted molar refractivity (Wildman–Crippen MR) is 139 cm³/mol. The molecular weight excluding hydrogens is 428 g/mol. The molecule has 0 aliphatic heterocycles. The van der Waals surface area contributed by atoms with Crippen molar-refractivity contribution in [3.8, 4) is 11.3 Å². The average Bonchev–Trinajstić information content (AvgIpc) is 2.84. The fourth-order valence-electron chi connectivity index (χ4n) is 3.97. The van der Waals surface area contributed by atoms with Crippen LogP contribution in [0.5, 0.6) is 0 Å². The van der Waals surface area contributed by atoms with Gasteiger partial charge in [-0.05, 0) is 73.7 Å². The van der Waals surface area contributed by atoms with E-state index in [2.05, 4.69) is 43.6 Å². The van der Waals surface area contributed by atoms with Gasteiger partial charge in [0.1, 0.15) is 0 Å². The van der Waals surface area contributed by atoms with E-state index in [-0.39, 0.29) is 12.0 Å². The summed E-state index contributed by atoms with van der Waals surface area (Å²) in [4.78, 5) is 4.40. The molecule has 0 fully saturated rings. The van der Waals surface area contributed by atoms with Gasteiger partial charge in [0, 0.05) is 23.8 Å². The monoisotopic (exact) mass is 463 g/mol. The quantitative estimate of drug-likeness (QED) is 0.187. The molecule has 0 bridgehead atoms. The lowest BCUT2D eigenvalue weighted by Crippen LogP contribution is -2.08. The number of fused-ring (bicyclic) bond motifs is 1. The Hall–Kier alpha value is -2.85. The summed E-state index contributed by atoms with van der Waals surface area (Å²) in [5.41, 5.74) is 1.97. The third kappa shape index (κ3) is 7.07. The third-order valence-electron chi connectivity index (χ3n) is 5.99. The maximum absolute atomic E-state index is 14.6. The molecule has 0 saturated heterocycles. The van der Waals surface area contributed by atoms with Gasteiger partial charge in [0.2, 0.25) is 0 Å². The van der Waals surface area contributed by atoms with Crippen LogP contribution in [0.3, 0.4) is 0 Å². The van der Waals surface area contributed by atoms with Crippen molar-refractivity contribution < 1.29 is 13.5 Å². The second-order valence-corrected chi connectivity index (χ2v) is 8.79. The van der Waals surface area contributed by atoms with Gasteiger partial charge in [-0.1, -0.05) is 56.2 Å². The minimum atomic E-state index is -0.869. The van der Waals surface area contributed by atoms with Crippen LogP contribution in [0.15, 0.2) is 61.3 Å². The Bertz CT molecular complexity index is 1120. The molecule has 2 aromatic carbocycles. The van der Waals surface area contributed by atoms with E-state index in [1.165, 1.54) is 12.8 Å². The number of rotatable bonds is 13. The number of nitrogens with zero attached hydrogens (tertiary/aromatic N) is 1. The molecule has 1 heterocycles. The zero-order chi connectivity index (χ0) is 24.3. The predicted octanol–water partition coefficient (Wildman–Crippen LogP) is 8.69. The summed E-state index contributed by atoms with van der Waals surface area (Å²) in [5.74, 6) is -1.70. The third-order valence-corrected chi connectivity index (χ3v) is 5.99. The number of pyridine rings is 1. The summed E-state index contributed by atoms with van der Waals surface area (Å²) in [7, 11) is 0. The fourth-order valence-corrected chi connectivity index (χ4v) is 3.97. The molecule has 2 nitrogen and oxygen atoms in total. The number of hydrogen-bond donors (Lipinski definition) is 0. The van der Waals surface area contributed by atoms with E-state index in [4.69, 9.17) is 4.74 Å². The molecular formula is C30H35F2NO. The number of unbranched alkanes of at least 4 members (excludes halogenated alkanes) is 3. The SMILES string of the molecule is C=CCc1ccc(-c2cc3ccc(C=CCCCC(C)OCCCCC)cc3cn2)c(F)c1F. The van der Waals surface area contributed by atoms with Crippen LogP contribution in [0.4, 0.5) is 8.78 Å². The highest BCUT2D eigenvalue weighted by molar-refractivity contribution is 5.87. The standard InChI is InChI=1S/C30H35F2NO/c1-4-6-10-18-34-22(3)12-8-7-9-13-23-14-15-25-20-28(33-21-26(25)19-23)27-17-16-24(11-5-2)29(31)30(27)32/h5,9,13-17,19-22H,2,4,6-8,10-12,18H2,1,3H3. The first kappa shape index (κ1) is 25.8. The van der Waals surface area contributed by atoms with Crippen LogP contribution in [0.25, 0.3) is 28.1 Å². The fraction of sp³-hybridized carbons (Fsp3) is 0.367. The molecule has 1 unspecified atom stereocenters. The van der Waals surface area contributed by atoms with Crippen molar-refractivity contribution in [1.82, 2.24) is 4.98 Å². The Labute approximate surface area is 202 Å². The van der Waals surface area contributed by atoms with Crippen LogP contribution >= 0.6 is 0 Å². The molecule has 4 heteroatoms. The van der Waals surface area contributed by atoms with E-state index in [0.717, 1.165) is 48.6 Å². The summed E-state index contributed by atoms with van der Waals surface area (Å²) in [6.07, 6.45) is 14.9. The molecule has 0 saturated carbocycles. The minimum Gasteiger partial charge on any atom is -0.379 e. The molecule has 0 spiro atoms. The normalized spacial score (nSPS) is 12.5. The molecule has 1 aromatic heterocycles. The molecule has 180 valence electrons. The van der Waals surface area contributed by atoms with Crippen LogP contribution in [-0.4, -0.2) is 17.7 Å². The van der Waals surface area contributed by atoms with Gasteiger partial charge in [-0.2, -0.15) is 0 Å². The first-order valence-electron chi connectivity index (χ1n) is 12.3. The van der Waals surface area contributed by atoms with E-state index in [9.17, 15) is 8.78 Å². The Balaban J connectivity index is 1.59. The molecule has 34 heavy (non-hydrogen) atoms. The Morgan fingerprint density at radius 3 is 2.68 bits per heavy atom. The molecule has 0 N–H and O–H groups in total. The van der Waals surface area contributed by atoms with E-state index in [0.29, 0.717) is 17.4 Å². The van der Waals surface area contributed by atoms with Gasteiger partial charge in [0.25, 0.3) is 0 Å². The van der Waals surface area contributed by atoms with Crippen LogP contribution < -0.4 is 0 Å². The lowest BCUT2D eigenvalue weighted by Gasteiger charge is -2.12. The molecule has 1 atom stereocenters. The molecule has 0 aliphatic rings. The summed E-state index contributed by atoms with van der Waals surface area (Å²) >= 11 is 0. The second-order valence-electron chi connectivity index (χ2n) is 8.79. The van der Waals surface area contributed by atoms with Crippen molar-refractivity contribution in [2.75, 3.05) is 6.61 Å². The van der Waals surface area contributed by atoms with Crippen molar-refractivity contribution in [3.05, 3.63) is 84.1 Å². The van der Waals surface area contributed by atoms with Crippen molar-refractivity contribution in [2.24, 2.45) is 0 Å². The van der Waals surface area contributed by atoms with Crippen LogP contribution in [0, 0.1) is 11.6 Å². The van der Waals surface area contributed by atoms with Crippen molar-refractivity contribution >= 4 is 16.8 Å². The van der Waals surface area contributed by atoms with Gasteiger partial charge >= 0.3 is 0 Å². The van der Waals surface area contributed by atoms with Gasteiger partial charge in [0.15, 0.2) is 11.6 Å². The van der Waals surface area contributed by atoms with Gasteiger partial charge in [0.05, 0.1) is 11.8 Å². The van der Waals surface area contributed by atoms with Gasteiger partial charge in [-0.3, -0.25) is 4.98 Å². The smallest absolute Gasteiger partial charge is 0.168 e. The Kier molecular flexibility index (Phi) is 9.96. The molecule has 0 aliphatic carbocycles. The van der Waals surface area contributed by atoms with Gasteiger partial charge in [-0.15, -0.1) is 6.58 Å². The lowest BCUT2D eigenvalue weighted by atomic mass is 10.0.